The number of nitrogens with zero attached hydrogens (tertiary/aromatic N) is 5. The zero-order chi connectivity index (χ0) is 17.0. The van der Waals surface area contributed by atoms with Crippen LogP contribution in [-0.2, 0) is 6.54 Å². The van der Waals surface area contributed by atoms with Crippen LogP contribution in [0.25, 0.3) is 17.1 Å². The number of imidazole rings is 1. The maximum absolute atomic E-state index is 4.90. The smallest absolute Gasteiger partial charge is 0.160 e. The van der Waals surface area contributed by atoms with Gasteiger partial charge in [0.2, 0.25) is 0 Å². The lowest BCUT2D eigenvalue weighted by Gasteiger charge is -2.08. The number of hydrogen-bond donors (Lipinski definition) is 1. The standard InChI is InChI=1S/C19H18N6/c1-12(15-7-5-9-20-15)18-22-19-14-6-3-4-8-16(14)24-11-21-13(2)17(24)10-25(19)23-18/h3-9,11-12,20H,10H2,1-2H3. The van der Waals surface area contributed by atoms with Gasteiger partial charge in [-0.1, -0.05) is 12.1 Å². The molecule has 0 radical (unpaired) electrons. The first-order chi connectivity index (χ1) is 12.2. The largest absolute Gasteiger partial charge is 0.364 e. The summed E-state index contributed by atoms with van der Waals surface area (Å²) >= 11 is 0. The summed E-state index contributed by atoms with van der Waals surface area (Å²) in [4.78, 5) is 12.7. The van der Waals surface area contributed by atoms with Crippen molar-refractivity contribution < 1.29 is 0 Å². The molecule has 1 unspecified atom stereocenters. The number of benzene rings is 1. The number of para-hydroxylation sites is 1. The second kappa shape index (κ2) is 5.17. The third kappa shape index (κ3) is 2.07. The van der Waals surface area contributed by atoms with Crippen molar-refractivity contribution in [3.05, 3.63) is 71.8 Å². The summed E-state index contributed by atoms with van der Waals surface area (Å²) < 4.78 is 4.15. The van der Waals surface area contributed by atoms with Crippen LogP contribution in [0.5, 0.6) is 0 Å². The normalized spacial score (nSPS) is 13.7. The Morgan fingerprint density at radius 1 is 1.16 bits per heavy atom. The molecule has 0 aliphatic carbocycles. The molecule has 6 nitrogen and oxygen atoms in total. The Morgan fingerprint density at radius 2 is 2.04 bits per heavy atom. The highest BCUT2D eigenvalue weighted by Gasteiger charge is 2.25. The number of aromatic amines is 1. The molecule has 6 heteroatoms. The molecule has 25 heavy (non-hydrogen) atoms. The Kier molecular flexibility index (Phi) is 2.94. The summed E-state index contributed by atoms with van der Waals surface area (Å²) in [6, 6.07) is 12.4. The number of H-pyrrole nitrogens is 1. The highest BCUT2D eigenvalue weighted by Crippen LogP contribution is 2.32. The average Bonchev–Trinajstić information content (AvgIpc) is 3.35. The summed E-state index contributed by atoms with van der Waals surface area (Å²) in [6.07, 6.45) is 3.82. The van der Waals surface area contributed by atoms with Crippen molar-refractivity contribution in [1.29, 1.82) is 0 Å². The van der Waals surface area contributed by atoms with Gasteiger partial charge >= 0.3 is 0 Å². The minimum absolute atomic E-state index is 0.118. The molecule has 1 aliphatic rings. The van der Waals surface area contributed by atoms with Crippen molar-refractivity contribution in [2.24, 2.45) is 0 Å². The molecular formula is C19H18N6. The Morgan fingerprint density at radius 3 is 2.88 bits per heavy atom. The van der Waals surface area contributed by atoms with Crippen LogP contribution in [0.4, 0.5) is 0 Å². The van der Waals surface area contributed by atoms with Gasteiger partial charge < -0.3 is 9.55 Å². The molecule has 0 saturated carbocycles. The minimum Gasteiger partial charge on any atom is -0.364 e. The fraction of sp³-hybridized carbons (Fsp3) is 0.211. The van der Waals surface area contributed by atoms with E-state index < -0.39 is 0 Å². The Balaban J connectivity index is 1.71. The minimum atomic E-state index is 0.118. The molecule has 124 valence electrons. The first-order valence-electron chi connectivity index (χ1n) is 8.43. The van der Waals surface area contributed by atoms with Crippen molar-refractivity contribution in [1.82, 2.24) is 29.3 Å². The fourth-order valence-electron chi connectivity index (χ4n) is 3.48. The lowest BCUT2D eigenvalue weighted by Crippen LogP contribution is -2.07. The molecule has 5 rings (SSSR count). The summed E-state index contributed by atoms with van der Waals surface area (Å²) in [5, 5.41) is 4.83. The Labute approximate surface area is 145 Å². The van der Waals surface area contributed by atoms with Crippen molar-refractivity contribution in [3.63, 3.8) is 0 Å². The second-order valence-electron chi connectivity index (χ2n) is 6.46. The maximum Gasteiger partial charge on any atom is 0.160 e. The lowest BCUT2D eigenvalue weighted by molar-refractivity contribution is 0.651. The fourth-order valence-corrected chi connectivity index (χ4v) is 3.48. The van der Waals surface area contributed by atoms with Crippen molar-refractivity contribution in [2.75, 3.05) is 0 Å². The van der Waals surface area contributed by atoms with E-state index >= 15 is 0 Å². The van der Waals surface area contributed by atoms with Gasteiger partial charge in [-0.3, -0.25) is 0 Å². The van der Waals surface area contributed by atoms with Crippen molar-refractivity contribution >= 4 is 0 Å². The van der Waals surface area contributed by atoms with Gasteiger partial charge in [0.1, 0.15) is 0 Å². The van der Waals surface area contributed by atoms with Crippen LogP contribution in [0, 0.1) is 6.92 Å². The highest BCUT2D eigenvalue weighted by molar-refractivity contribution is 5.69. The monoisotopic (exact) mass is 330 g/mol. The van der Waals surface area contributed by atoms with Gasteiger partial charge in [0.25, 0.3) is 0 Å². The van der Waals surface area contributed by atoms with Crippen LogP contribution in [0.15, 0.2) is 48.9 Å². The molecule has 0 spiro atoms. The summed E-state index contributed by atoms with van der Waals surface area (Å²) in [5.41, 5.74) is 5.47. The van der Waals surface area contributed by atoms with Crippen molar-refractivity contribution in [2.45, 2.75) is 26.3 Å². The topological polar surface area (TPSA) is 64.3 Å². The van der Waals surface area contributed by atoms with E-state index in [1.807, 2.05) is 42.3 Å². The van der Waals surface area contributed by atoms with Crippen molar-refractivity contribution in [3.8, 4) is 17.1 Å². The molecule has 0 amide bonds. The highest BCUT2D eigenvalue weighted by atomic mass is 15.4. The molecule has 0 fully saturated rings. The lowest BCUT2D eigenvalue weighted by atomic mass is 10.1. The van der Waals surface area contributed by atoms with E-state index in [-0.39, 0.29) is 5.92 Å². The van der Waals surface area contributed by atoms with Crippen LogP contribution < -0.4 is 0 Å². The first-order valence-corrected chi connectivity index (χ1v) is 8.43. The second-order valence-corrected chi connectivity index (χ2v) is 6.46. The van der Waals surface area contributed by atoms with Crippen LogP contribution in [-0.4, -0.2) is 29.3 Å². The van der Waals surface area contributed by atoms with E-state index in [4.69, 9.17) is 10.1 Å². The van der Waals surface area contributed by atoms with Crippen LogP contribution in [0.3, 0.4) is 0 Å². The molecule has 0 bridgehead atoms. The van der Waals surface area contributed by atoms with Gasteiger partial charge in [-0.05, 0) is 38.1 Å². The summed E-state index contributed by atoms with van der Waals surface area (Å²) in [6.45, 7) is 4.83. The van der Waals surface area contributed by atoms with Crippen LogP contribution in [0.2, 0.25) is 0 Å². The van der Waals surface area contributed by atoms with E-state index in [1.54, 1.807) is 0 Å². The molecule has 1 aromatic carbocycles. The van der Waals surface area contributed by atoms with Crippen LogP contribution >= 0.6 is 0 Å². The number of hydrogen-bond acceptors (Lipinski definition) is 3. The molecule has 1 atom stereocenters. The predicted octanol–water partition coefficient (Wildman–Crippen LogP) is 3.28. The maximum atomic E-state index is 4.90. The molecule has 4 heterocycles. The quantitative estimate of drug-likeness (QED) is 0.540. The molecule has 1 N–H and O–H groups in total. The zero-order valence-electron chi connectivity index (χ0n) is 14.1. The molecular weight excluding hydrogens is 312 g/mol. The van der Waals surface area contributed by atoms with Gasteiger partial charge in [0.15, 0.2) is 11.6 Å². The average molecular weight is 330 g/mol. The molecule has 0 saturated heterocycles. The predicted molar refractivity (Wildman–Crippen MR) is 94.7 cm³/mol. The number of rotatable bonds is 2. The van der Waals surface area contributed by atoms with E-state index in [0.29, 0.717) is 6.54 Å². The van der Waals surface area contributed by atoms with E-state index in [1.165, 1.54) is 0 Å². The third-order valence-corrected chi connectivity index (χ3v) is 4.94. The van der Waals surface area contributed by atoms with Gasteiger partial charge in [-0.15, -0.1) is 0 Å². The summed E-state index contributed by atoms with van der Waals surface area (Å²) in [7, 11) is 0. The van der Waals surface area contributed by atoms with Gasteiger partial charge in [0.05, 0.1) is 35.9 Å². The number of fused-ring (bicyclic) bond motifs is 5. The number of aryl methyl sites for hydroxylation is 1. The number of aromatic nitrogens is 6. The summed E-state index contributed by atoms with van der Waals surface area (Å²) in [5.74, 6) is 1.86. The van der Waals surface area contributed by atoms with Gasteiger partial charge in [-0.2, -0.15) is 5.10 Å². The van der Waals surface area contributed by atoms with Gasteiger partial charge in [-0.25, -0.2) is 14.6 Å². The number of nitrogens with one attached hydrogen (secondary N) is 1. The molecule has 1 aliphatic heterocycles. The SMILES string of the molecule is Cc1ncn2c1Cn1nc(C(C)c3ccc[nH]3)nc1-c1ccccc1-2. The van der Waals surface area contributed by atoms with Crippen LogP contribution in [0.1, 0.15) is 35.7 Å². The van der Waals surface area contributed by atoms with E-state index in [9.17, 15) is 0 Å². The van der Waals surface area contributed by atoms with E-state index in [0.717, 1.165) is 40.0 Å². The molecule has 4 aromatic rings. The third-order valence-electron chi connectivity index (χ3n) is 4.94. The van der Waals surface area contributed by atoms with E-state index in [2.05, 4.69) is 39.7 Å². The first kappa shape index (κ1) is 14.2. The Bertz CT molecular complexity index is 1050. The molecule has 3 aromatic heterocycles. The zero-order valence-corrected chi connectivity index (χ0v) is 14.1. The van der Waals surface area contributed by atoms with Gasteiger partial charge in [0, 0.05) is 17.5 Å². The Hall–Kier alpha value is -3.15.